The quantitative estimate of drug-likeness (QED) is 0.529. The Labute approximate surface area is 90.6 Å². The van der Waals surface area contributed by atoms with E-state index in [1.807, 2.05) is 0 Å². The summed E-state index contributed by atoms with van der Waals surface area (Å²) in [6, 6.07) is 0.599. The van der Waals surface area contributed by atoms with Gasteiger partial charge in [0.05, 0.1) is 0 Å². The molecular weight excluding hydrogens is 230 g/mol. The number of rotatable bonds is 8. The van der Waals surface area contributed by atoms with Gasteiger partial charge in [0.1, 0.15) is 0 Å². The number of alkyl halides is 1. The van der Waals surface area contributed by atoms with E-state index in [4.69, 9.17) is 4.74 Å². The Morgan fingerprint density at radius 3 is 2.54 bits per heavy atom. The molecule has 0 aliphatic carbocycles. The number of hydrogen-bond donors (Lipinski definition) is 1. The number of halogens is 1. The Morgan fingerprint density at radius 2 is 2.00 bits per heavy atom. The van der Waals surface area contributed by atoms with Gasteiger partial charge in [0.15, 0.2) is 0 Å². The van der Waals surface area contributed by atoms with E-state index in [1.165, 1.54) is 6.42 Å². The van der Waals surface area contributed by atoms with Crippen molar-refractivity contribution < 1.29 is 4.74 Å². The van der Waals surface area contributed by atoms with Gasteiger partial charge in [-0.15, -0.1) is 0 Å². The summed E-state index contributed by atoms with van der Waals surface area (Å²) in [4.78, 5) is 0. The predicted octanol–water partition coefficient (Wildman–Crippen LogP) is 2.42. The molecule has 0 saturated carbocycles. The Bertz CT molecular complexity index is 111. The van der Waals surface area contributed by atoms with Gasteiger partial charge in [-0.1, -0.05) is 22.9 Å². The molecule has 0 spiro atoms. The third kappa shape index (κ3) is 7.47. The Balaban J connectivity index is 3.21. The van der Waals surface area contributed by atoms with Crippen LogP contribution in [0.5, 0.6) is 0 Å². The van der Waals surface area contributed by atoms with E-state index in [0.29, 0.717) is 12.0 Å². The van der Waals surface area contributed by atoms with Gasteiger partial charge in [0, 0.05) is 25.1 Å². The minimum absolute atomic E-state index is 0.599. The third-order valence-electron chi connectivity index (χ3n) is 2.34. The molecule has 2 atom stereocenters. The van der Waals surface area contributed by atoms with Crippen molar-refractivity contribution in [1.29, 1.82) is 0 Å². The maximum Gasteiger partial charge on any atom is 0.0462 e. The lowest BCUT2D eigenvalue weighted by Gasteiger charge is -2.19. The van der Waals surface area contributed by atoms with Crippen LogP contribution in [0.3, 0.4) is 0 Å². The van der Waals surface area contributed by atoms with Crippen molar-refractivity contribution in [2.45, 2.75) is 32.7 Å². The van der Waals surface area contributed by atoms with Gasteiger partial charge in [-0.3, -0.25) is 0 Å². The molecule has 0 amide bonds. The highest BCUT2D eigenvalue weighted by Crippen LogP contribution is 2.05. The van der Waals surface area contributed by atoms with Gasteiger partial charge >= 0.3 is 0 Å². The first-order valence-corrected chi connectivity index (χ1v) is 6.12. The van der Waals surface area contributed by atoms with Crippen LogP contribution in [-0.2, 0) is 4.74 Å². The summed E-state index contributed by atoms with van der Waals surface area (Å²) in [5, 5.41) is 4.58. The summed E-state index contributed by atoms with van der Waals surface area (Å²) in [5.74, 6) is 0.697. The topological polar surface area (TPSA) is 21.3 Å². The second kappa shape index (κ2) is 8.97. The first kappa shape index (κ1) is 13.4. The molecule has 0 saturated heterocycles. The summed E-state index contributed by atoms with van der Waals surface area (Å²) < 4.78 is 4.98. The Kier molecular flexibility index (Phi) is 9.25. The van der Waals surface area contributed by atoms with E-state index in [2.05, 4.69) is 35.1 Å². The summed E-state index contributed by atoms with van der Waals surface area (Å²) in [7, 11) is 1.75. The van der Waals surface area contributed by atoms with Crippen molar-refractivity contribution >= 4 is 15.9 Å². The van der Waals surface area contributed by atoms with E-state index in [9.17, 15) is 0 Å². The standard InChI is InChI=1S/C10H22BrNO/c1-9(8-11)10(2)12-6-4-5-7-13-3/h9-10,12H,4-8H2,1-3H3. The smallest absolute Gasteiger partial charge is 0.0462 e. The molecule has 0 rings (SSSR count). The first-order valence-electron chi connectivity index (χ1n) is 5.00. The predicted molar refractivity (Wildman–Crippen MR) is 61.5 cm³/mol. The molecule has 3 heteroatoms. The maximum atomic E-state index is 4.98. The van der Waals surface area contributed by atoms with Gasteiger partial charge in [-0.05, 0) is 32.2 Å². The monoisotopic (exact) mass is 251 g/mol. The van der Waals surface area contributed by atoms with Crippen molar-refractivity contribution in [2.75, 3.05) is 25.6 Å². The Hall–Kier alpha value is 0.400. The molecule has 0 radical (unpaired) electrons. The minimum Gasteiger partial charge on any atom is -0.385 e. The second-order valence-corrected chi connectivity index (χ2v) is 4.22. The third-order valence-corrected chi connectivity index (χ3v) is 3.36. The molecule has 13 heavy (non-hydrogen) atoms. The molecule has 2 nitrogen and oxygen atoms in total. The summed E-state index contributed by atoms with van der Waals surface area (Å²) >= 11 is 3.49. The van der Waals surface area contributed by atoms with Crippen LogP contribution >= 0.6 is 15.9 Å². The molecule has 1 N–H and O–H groups in total. The van der Waals surface area contributed by atoms with E-state index in [-0.39, 0.29) is 0 Å². The molecule has 80 valence electrons. The van der Waals surface area contributed by atoms with Gasteiger partial charge in [-0.2, -0.15) is 0 Å². The van der Waals surface area contributed by atoms with Gasteiger partial charge in [-0.25, -0.2) is 0 Å². The van der Waals surface area contributed by atoms with Crippen LogP contribution in [0, 0.1) is 5.92 Å². The van der Waals surface area contributed by atoms with Crippen molar-refractivity contribution in [2.24, 2.45) is 5.92 Å². The van der Waals surface area contributed by atoms with Crippen LogP contribution in [0.25, 0.3) is 0 Å². The summed E-state index contributed by atoms with van der Waals surface area (Å²) in [6.45, 7) is 6.47. The lowest BCUT2D eigenvalue weighted by atomic mass is 10.1. The average Bonchev–Trinajstić information content (AvgIpc) is 2.16. The first-order chi connectivity index (χ1) is 6.22. The van der Waals surface area contributed by atoms with Gasteiger partial charge in [0.25, 0.3) is 0 Å². The van der Waals surface area contributed by atoms with Crippen LogP contribution in [0.2, 0.25) is 0 Å². The highest BCUT2D eigenvalue weighted by Gasteiger charge is 2.08. The Morgan fingerprint density at radius 1 is 1.31 bits per heavy atom. The van der Waals surface area contributed by atoms with Crippen LogP contribution in [0.4, 0.5) is 0 Å². The van der Waals surface area contributed by atoms with Crippen LogP contribution in [0.15, 0.2) is 0 Å². The van der Waals surface area contributed by atoms with Crippen molar-refractivity contribution in [3.63, 3.8) is 0 Å². The zero-order valence-electron chi connectivity index (χ0n) is 8.98. The SMILES string of the molecule is COCCCCNC(C)C(C)CBr. The molecule has 0 bridgehead atoms. The highest BCUT2D eigenvalue weighted by atomic mass is 79.9. The van der Waals surface area contributed by atoms with Gasteiger partial charge in [0.2, 0.25) is 0 Å². The molecule has 0 fully saturated rings. The number of hydrogen-bond acceptors (Lipinski definition) is 2. The van der Waals surface area contributed by atoms with Crippen LogP contribution < -0.4 is 5.32 Å². The molecular formula is C10H22BrNO. The molecule has 0 aliphatic rings. The fraction of sp³-hybridized carbons (Fsp3) is 1.00. The zero-order chi connectivity index (χ0) is 10.1. The molecule has 2 unspecified atom stereocenters. The number of nitrogens with one attached hydrogen (secondary N) is 1. The summed E-state index contributed by atoms with van der Waals surface area (Å²) in [5.41, 5.74) is 0. The number of unbranched alkanes of at least 4 members (excludes halogenated alkanes) is 1. The average molecular weight is 252 g/mol. The molecule has 0 aromatic rings. The lowest BCUT2D eigenvalue weighted by molar-refractivity contribution is 0.192. The number of ether oxygens (including phenoxy) is 1. The van der Waals surface area contributed by atoms with E-state index >= 15 is 0 Å². The molecule has 0 heterocycles. The molecule has 0 aliphatic heterocycles. The second-order valence-electron chi connectivity index (χ2n) is 3.57. The molecule has 0 aromatic heterocycles. The van der Waals surface area contributed by atoms with Crippen LogP contribution in [-0.4, -0.2) is 31.6 Å². The summed E-state index contributed by atoms with van der Waals surface area (Å²) in [6.07, 6.45) is 2.35. The van der Waals surface area contributed by atoms with Crippen LogP contribution in [0.1, 0.15) is 26.7 Å². The highest BCUT2D eigenvalue weighted by molar-refractivity contribution is 9.09. The maximum absolute atomic E-state index is 4.98. The van der Waals surface area contributed by atoms with Crippen molar-refractivity contribution in [1.82, 2.24) is 5.32 Å². The molecule has 0 aromatic carbocycles. The largest absolute Gasteiger partial charge is 0.385 e. The van der Waals surface area contributed by atoms with Crippen molar-refractivity contribution in [3.8, 4) is 0 Å². The fourth-order valence-corrected chi connectivity index (χ4v) is 1.60. The lowest BCUT2D eigenvalue weighted by Crippen LogP contribution is -2.33. The van der Waals surface area contributed by atoms with E-state index in [0.717, 1.165) is 24.9 Å². The van der Waals surface area contributed by atoms with E-state index < -0.39 is 0 Å². The van der Waals surface area contributed by atoms with Crippen molar-refractivity contribution in [3.05, 3.63) is 0 Å². The fourth-order valence-electron chi connectivity index (χ4n) is 1.04. The van der Waals surface area contributed by atoms with E-state index in [1.54, 1.807) is 7.11 Å². The zero-order valence-corrected chi connectivity index (χ0v) is 10.6. The van der Waals surface area contributed by atoms with Gasteiger partial charge < -0.3 is 10.1 Å². The minimum atomic E-state index is 0.599. The number of methoxy groups -OCH3 is 1. The normalized spacial score (nSPS) is 15.7.